The number of hydrogen-bond donors (Lipinski definition) is 1. The minimum absolute atomic E-state index is 0.358. The number of thioether (sulfide) groups is 1. The van der Waals surface area contributed by atoms with E-state index >= 15 is 0 Å². The van der Waals surface area contributed by atoms with Gasteiger partial charge in [0.05, 0.1) is 0 Å². The summed E-state index contributed by atoms with van der Waals surface area (Å²) in [6.45, 7) is 3.24. The quantitative estimate of drug-likeness (QED) is 0.878. The van der Waals surface area contributed by atoms with Crippen LogP contribution in [0.5, 0.6) is 0 Å². The Bertz CT molecular complexity index is 557. The second-order valence-electron chi connectivity index (χ2n) is 5.23. The van der Waals surface area contributed by atoms with Gasteiger partial charge in [-0.05, 0) is 42.7 Å². The predicted octanol–water partition coefficient (Wildman–Crippen LogP) is 4.71. The maximum absolute atomic E-state index is 5.92. The van der Waals surface area contributed by atoms with Gasteiger partial charge >= 0.3 is 0 Å². The third-order valence-corrected chi connectivity index (χ3v) is 5.31. The second kappa shape index (κ2) is 6.21. The summed E-state index contributed by atoms with van der Waals surface area (Å²) < 4.78 is 0. The van der Waals surface area contributed by atoms with Gasteiger partial charge in [0, 0.05) is 27.8 Å². The van der Waals surface area contributed by atoms with Gasteiger partial charge < -0.3 is 5.32 Å². The minimum atomic E-state index is 0.358. The molecule has 0 aliphatic carbocycles. The van der Waals surface area contributed by atoms with Gasteiger partial charge in [0.1, 0.15) is 0 Å². The third-order valence-electron chi connectivity index (χ3n) is 3.74. The van der Waals surface area contributed by atoms with E-state index in [0.29, 0.717) is 11.3 Å². The molecular formula is C17H18ClNS. The van der Waals surface area contributed by atoms with Crippen LogP contribution in [0.2, 0.25) is 5.02 Å². The van der Waals surface area contributed by atoms with Crippen molar-refractivity contribution in [2.45, 2.75) is 29.5 Å². The van der Waals surface area contributed by atoms with E-state index in [-0.39, 0.29) is 0 Å². The summed E-state index contributed by atoms with van der Waals surface area (Å²) in [5.41, 5.74) is 2.78. The van der Waals surface area contributed by atoms with Gasteiger partial charge in [-0.2, -0.15) is 0 Å². The summed E-state index contributed by atoms with van der Waals surface area (Å²) in [4.78, 5) is 1.44. The van der Waals surface area contributed by atoms with Crippen LogP contribution in [0.1, 0.15) is 24.1 Å². The Labute approximate surface area is 129 Å². The molecule has 3 heteroatoms. The summed E-state index contributed by atoms with van der Waals surface area (Å²) in [5.74, 6) is 0. The maximum Gasteiger partial charge on any atom is 0.0406 e. The highest BCUT2D eigenvalue weighted by atomic mass is 35.5. The van der Waals surface area contributed by atoms with Crippen LogP contribution >= 0.6 is 23.4 Å². The summed E-state index contributed by atoms with van der Waals surface area (Å²) in [6.07, 6.45) is 1.17. The molecule has 2 aromatic carbocycles. The van der Waals surface area contributed by atoms with E-state index in [1.165, 1.54) is 22.4 Å². The van der Waals surface area contributed by atoms with E-state index in [0.717, 1.165) is 11.6 Å². The lowest BCUT2D eigenvalue weighted by molar-refractivity contribution is 0.567. The van der Waals surface area contributed by atoms with Gasteiger partial charge in [-0.25, -0.2) is 0 Å². The molecule has 0 aromatic heterocycles. The standard InChI is InChI=1S/C17H18ClNS/c1-12(13-6-8-15(18)9-7-13)19-11-16-10-14-4-2-3-5-17(14)20-16/h2-9,12,16,19H,10-11H2,1H3/t12-,16?/m0/s1. The zero-order valence-electron chi connectivity index (χ0n) is 11.5. The molecule has 1 aliphatic heterocycles. The molecule has 2 aromatic rings. The molecule has 1 heterocycles. The normalized spacial score (nSPS) is 18.8. The highest BCUT2D eigenvalue weighted by Crippen LogP contribution is 2.36. The van der Waals surface area contributed by atoms with Crippen molar-refractivity contribution >= 4 is 23.4 Å². The second-order valence-corrected chi connectivity index (χ2v) is 7.01. The average Bonchev–Trinajstić information content (AvgIpc) is 2.88. The van der Waals surface area contributed by atoms with Crippen molar-refractivity contribution in [3.05, 3.63) is 64.7 Å². The largest absolute Gasteiger partial charge is 0.309 e. The zero-order chi connectivity index (χ0) is 13.9. The topological polar surface area (TPSA) is 12.0 Å². The van der Waals surface area contributed by atoms with Gasteiger partial charge in [0.2, 0.25) is 0 Å². The van der Waals surface area contributed by atoms with Crippen LogP contribution in [0.3, 0.4) is 0 Å². The molecule has 0 saturated carbocycles. The molecule has 1 unspecified atom stereocenters. The van der Waals surface area contributed by atoms with Crippen molar-refractivity contribution < 1.29 is 0 Å². The Kier molecular flexibility index (Phi) is 4.35. The summed E-state index contributed by atoms with van der Waals surface area (Å²) in [6, 6.07) is 17.2. The van der Waals surface area contributed by atoms with Crippen LogP contribution in [-0.2, 0) is 6.42 Å². The Morgan fingerprint density at radius 2 is 1.95 bits per heavy atom. The number of halogens is 1. The van der Waals surface area contributed by atoms with Crippen LogP contribution in [0.4, 0.5) is 0 Å². The first-order valence-corrected chi connectivity index (χ1v) is 8.21. The van der Waals surface area contributed by atoms with Gasteiger partial charge in [-0.3, -0.25) is 0 Å². The highest BCUT2D eigenvalue weighted by Gasteiger charge is 2.21. The van der Waals surface area contributed by atoms with Crippen molar-refractivity contribution in [1.29, 1.82) is 0 Å². The highest BCUT2D eigenvalue weighted by molar-refractivity contribution is 8.00. The maximum atomic E-state index is 5.92. The Morgan fingerprint density at radius 1 is 1.20 bits per heavy atom. The fourth-order valence-electron chi connectivity index (χ4n) is 2.55. The molecule has 1 aliphatic rings. The monoisotopic (exact) mass is 303 g/mol. The number of hydrogen-bond acceptors (Lipinski definition) is 2. The molecule has 2 atom stereocenters. The first-order valence-electron chi connectivity index (χ1n) is 6.96. The molecule has 1 N–H and O–H groups in total. The molecule has 20 heavy (non-hydrogen) atoms. The van der Waals surface area contributed by atoms with E-state index in [1.54, 1.807) is 0 Å². The van der Waals surface area contributed by atoms with Crippen molar-refractivity contribution in [1.82, 2.24) is 5.32 Å². The fourth-order valence-corrected chi connectivity index (χ4v) is 3.93. The Morgan fingerprint density at radius 3 is 2.70 bits per heavy atom. The fraction of sp³-hybridized carbons (Fsp3) is 0.294. The van der Waals surface area contributed by atoms with Crippen LogP contribution in [0.25, 0.3) is 0 Å². The summed E-state index contributed by atoms with van der Waals surface area (Å²) >= 11 is 7.92. The van der Waals surface area contributed by atoms with Gasteiger partial charge in [-0.15, -0.1) is 11.8 Å². The number of nitrogens with one attached hydrogen (secondary N) is 1. The van der Waals surface area contributed by atoms with E-state index in [9.17, 15) is 0 Å². The first kappa shape index (κ1) is 14.0. The molecule has 1 nitrogen and oxygen atoms in total. The molecule has 3 rings (SSSR count). The molecule has 104 valence electrons. The number of fused-ring (bicyclic) bond motifs is 1. The molecule has 0 bridgehead atoms. The van der Waals surface area contributed by atoms with Crippen LogP contribution < -0.4 is 5.32 Å². The first-order chi connectivity index (χ1) is 9.72. The average molecular weight is 304 g/mol. The third kappa shape index (κ3) is 3.20. The lowest BCUT2D eigenvalue weighted by atomic mass is 10.1. The predicted molar refractivity (Wildman–Crippen MR) is 87.7 cm³/mol. The van der Waals surface area contributed by atoms with E-state index in [2.05, 4.69) is 48.6 Å². The molecule has 0 spiro atoms. The smallest absolute Gasteiger partial charge is 0.0406 e. The molecule has 0 radical (unpaired) electrons. The molecule has 0 fully saturated rings. The van der Waals surface area contributed by atoms with Crippen molar-refractivity contribution in [3.8, 4) is 0 Å². The lowest BCUT2D eigenvalue weighted by Crippen LogP contribution is -2.27. The van der Waals surface area contributed by atoms with Crippen molar-refractivity contribution in [2.75, 3.05) is 6.54 Å². The number of benzene rings is 2. The van der Waals surface area contributed by atoms with Gasteiger partial charge in [-0.1, -0.05) is 41.9 Å². The Balaban J connectivity index is 1.55. The summed E-state index contributed by atoms with van der Waals surface area (Å²) in [7, 11) is 0. The van der Waals surface area contributed by atoms with Gasteiger partial charge in [0.15, 0.2) is 0 Å². The lowest BCUT2D eigenvalue weighted by Gasteiger charge is -2.17. The molecule has 0 saturated heterocycles. The van der Waals surface area contributed by atoms with E-state index in [4.69, 9.17) is 11.6 Å². The molecular weight excluding hydrogens is 286 g/mol. The van der Waals surface area contributed by atoms with E-state index in [1.807, 2.05) is 23.9 Å². The van der Waals surface area contributed by atoms with Crippen molar-refractivity contribution in [3.63, 3.8) is 0 Å². The van der Waals surface area contributed by atoms with Crippen LogP contribution in [-0.4, -0.2) is 11.8 Å². The zero-order valence-corrected chi connectivity index (χ0v) is 13.0. The number of rotatable bonds is 4. The summed E-state index contributed by atoms with van der Waals surface area (Å²) in [5, 5.41) is 5.07. The van der Waals surface area contributed by atoms with Gasteiger partial charge in [0.25, 0.3) is 0 Å². The molecule has 0 amide bonds. The SMILES string of the molecule is C[C@H](NCC1Cc2ccccc2S1)c1ccc(Cl)cc1. The Hall–Kier alpha value is -0.960. The van der Waals surface area contributed by atoms with Crippen molar-refractivity contribution in [2.24, 2.45) is 0 Å². The van der Waals surface area contributed by atoms with Crippen LogP contribution in [0, 0.1) is 0 Å². The van der Waals surface area contributed by atoms with Crippen LogP contribution in [0.15, 0.2) is 53.4 Å². The minimum Gasteiger partial charge on any atom is -0.309 e. The van der Waals surface area contributed by atoms with E-state index < -0.39 is 0 Å².